The summed E-state index contributed by atoms with van der Waals surface area (Å²) < 4.78 is 38.8. The zero-order valence-electron chi connectivity index (χ0n) is 14.2. The fourth-order valence-electron chi connectivity index (χ4n) is 2.75. The monoisotopic (exact) mass is 369 g/mol. The molecule has 1 aromatic carbocycles. The van der Waals surface area contributed by atoms with Crippen LogP contribution in [0.25, 0.3) is 22.4 Å². The van der Waals surface area contributed by atoms with E-state index in [1.54, 1.807) is 0 Å². The number of anilines is 2. The summed E-state index contributed by atoms with van der Waals surface area (Å²) in [5.41, 5.74) is 1.56. The molecule has 0 fully saturated rings. The minimum Gasteiger partial charge on any atom is -0.343 e. The number of pyridine rings is 1. The molecule has 2 N–H and O–H groups in total. The molecule has 0 spiro atoms. The number of fused-ring (bicyclic) bond motifs is 1. The maximum absolute atomic E-state index is 12.9. The lowest BCUT2D eigenvalue weighted by Gasteiger charge is -2.11. The summed E-state index contributed by atoms with van der Waals surface area (Å²) in [4.78, 5) is 15.6. The quantitative estimate of drug-likeness (QED) is 0.528. The number of benzene rings is 1. The Morgan fingerprint density at radius 2 is 1.78 bits per heavy atom. The lowest BCUT2D eigenvalue weighted by Crippen LogP contribution is -2.08. The Hall–Kier alpha value is -3.42. The van der Waals surface area contributed by atoms with Gasteiger partial charge >= 0.3 is 6.18 Å². The minimum atomic E-state index is -4.52. The van der Waals surface area contributed by atoms with Gasteiger partial charge in [0.2, 0.25) is 0 Å². The van der Waals surface area contributed by atoms with Crippen molar-refractivity contribution in [2.24, 2.45) is 0 Å². The first-order valence-corrected chi connectivity index (χ1v) is 8.13. The number of alkyl halides is 3. The predicted molar refractivity (Wildman–Crippen MR) is 96.6 cm³/mol. The Balaban J connectivity index is 1.81. The van der Waals surface area contributed by atoms with Gasteiger partial charge in [-0.3, -0.25) is 4.98 Å². The maximum atomic E-state index is 12.9. The van der Waals surface area contributed by atoms with Crippen LogP contribution < -0.4 is 5.32 Å². The van der Waals surface area contributed by atoms with Gasteiger partial charge in [-0.2, -0.15) is 13.2 Å². The van der Waals surface area contributed by atoms with Gasteiger partial charge in [0.1, 0.15) is 17.2 Å². The van der Waals surface area contributed by atoms with Gasteiger partial charge in [0, 0.05) is 23.1 Å². The largest absolute Gasteiger partial charge is 0.433 e. The lowest BCUT2D eigenvalue weighted by molar-refractivity contribution is -0.141. The summed E-state index contributed by atoms with van der Waals surface area (Å²) in [6.07, 6.45) is -3.40. The fraction of sp³-hybridized carbons (Fsp3) is 0.105. The van der Waals surface area contributed by atoms with Crippen molar-refractivity contribution in [3.05, 3.63) is 66.1 Å². The van der Waals surface area contributed by atoms with Crippen LogP contribution in [0.15, 0.2) is 54.7 Å². The van der Waals surface area contributed by atoms with Crippen LogP contribution in [0.4, 0.5) is 24.7 Å². The first kappa shape index (κ1) is 17.0. The Morgan fingerprint density at radius 3 is 2.52 bits per heavy atom. The molecule has 0 saturated carbocycles. The molecule has 3 heterocycles. The highest BCUT2D eigenvalue weighted by Crippen LogP contribution is 2.31. The number of hydrogen-bond acceptors (Lipinski definition) is 4. The van der Waals surface area contributed by atoms with Gasteiger partial charge in [0.25, 0.3) is 0 Å². The lowest BCUT2D eigenvalue weighted by atomic mass is 10.2. The fourth-order valence-corrected chi connectivity index (χ4v) is 2.75. The number of aromatic amines is 1. The van der Waals surface area contributed by atoms with Crippen molar-refractivity contribution in [2.45, 2.75) is 13.1 Å². The van der Waals surface area contributed by atoms with E-state index in [0.717, 1.165) is 23.5 Å². The molecule has 0 aliphatic carbocycles. The van der Waals surface area contributed by atoms with Gasteiger partial charge < -0.3 is 10.3 Å². The molecular formula is C19H14F3N5. The Morgan fingerprint density at radius 1 is 1.00 bits per heavy atom. The van der Waals surface area contributed by atoms with Gasteiger partial charge in [0.05, 0.1) is 5.39 Å². The van der Waals surface area contributed by atoms with Crippen molar-refractivity contribution in [3.8, 4) is 11.4 Å². The van der Waals surface area contributed by atoms with Crippen molar-refractivity contribution in [1.82, 2.24) is 19.9 Å². The molecule has 0 unspecified atom stereocenters. The second-order valence-corrected chi connectivity index (χ2v) is 6.03. The van der Waals surface area contributed by atoms with Crippen LogP contribution >= 0.6 is 0 Å². The Bertz CT molecular complexity index is 1100. The van der Waals surface area contributed by atoms with Gasteiger partial charge in [0.15, 0.2) is 5.82 Å². The van der Waals surface area contributed by atoms with Crippen molar-refractivity contribution in [3.63, 3.8) is 0 Å². The van der Waals surface area contributed by atoms with E-state index in [0.29, 0.717) is 22.7 Å². The molecule has 5 nitrogen and oxygen atoms in total. The van der Waals surface area contributed by atoms with Crippen LogP contribution in [0, 0.1) is 6.92 Å². The zero-order valence-corrected chi connectivity index (χ0v) is 14.2. The van der Waals surface area contributed by atoms with E-state index in [9.17, 15) is 13.2 Å². The zero-order chi connectivity index (χ0) is 19.0. The third-order valence-corrected chi connectivity index (χ3v) is 3.97. The summed E-state index contributed by atoms with van der Waals surface area (Å²) in [6.45, 7) is 1.88. The number of aromatic nitrogens is 4. The van der Waals surface area contributed by atoms with Crippen LogP contribution in [-0.4, -0.2) is 19.9 Å². The standard InChI is InChI=1S/C19H14F3N5/c1-11-9-14-17(24-11)26-16(12-5-3-2-4-6-12)27-18(14)25-13-7-8-23-15(10-13)19(20,21)22/h2-10H,1H3,(H2,23,24,25,26,27). The van der Waals surface area contributed by atoms with Gasteiger partial charge in [-0.05, 0) is 25.1 Å². The highest BCUT2D eigenvalue weighted by Gasteiger charge is 2.32. The van der Waals surface area contributed by atoms with Crippen LogP contribution in [0.3, 0.4) is 0 Å². The normalized spacial score (nSPS) is 11.7. The molecule has 3 aromatic heterocycles. The molecule has 0 bridgehead atoms. The van der Waals surface area contributed by atoms with Gasteiger partial charge in [-0.25, -0.2) is 9.97 Å². The summed E-state index contributed by atoms with van der Waals surface area (Å²) in [5, 5.41) is 3.66. The number of hydrogen-bond donors (Lipinski definition) is 2. The molecular weight excluding hydrogens is 355 g/mol. The number of nitrogens with one attached hydrogen (secondary N) is 2. The second kappa shape index (κ2) is 6.39. The van der Waals surface area contributed by atoms with E-state index in [-0.39, 0.29) is 5.69 Å². The number of nitrogens with zero attached hydrogens (tertiary/aromatic N) is 3. The van der Waals surface area contributed by atoms with E-state index in [2.05, 4.69) is 25.3 Å². The number of H-pyrrole nitrogens is 1. The summed E-state index contributed by atoms with van der Waals surface area (Å²) >= 11 is 0. The van der Waals surface area contributed by atoms with Crippen molar-refractivity contribution < 1.29 is 13.2 Å². The van der Waals surface area contributed by atoms with Gasteiger partial charge in [-0.15, -0.1) is 0 Å². The molecule has 27 heavy (non-hydrogen) atoms. The van der Waals surface area contributed by atoms with Crippen LogP contribution in [0.1, 0.15) is 11.4 Å². The average molecular weight is 369 g/mol. The molecule has 4 rings (SSSR count). The molecule has 0 amide bonds. The summed E-state index contributed by atoms with van der Waals surface area (Å²) in [5.74, 6) is 0.889. The number of rotatable bonds is 3. The third-order valence-electron chi connectivity index (χ3n) is 3.97. The van der Waals surface area contributed by atoms with E-state index >= 15 is 0 Å². The summed E-state index contributed by atoms with van der Waals surface area (Å²) in [7, 11) is 0. The van der Waals surface area contributed by atoms with Crippen molar-refractivity contribution >= 4 is 22.5 Å². The van der Waals surface area contributed by atoms with Crippen molar-refractivity contribution in [1.29, 1.82) is 0 Å². The third kappa shape index (κ3) is 3.46. The average Bonchev–Trinajstić information content (AvgIpc) is 3.02. The van der Waals surface area contributed by atoms with E-state index < -0.39 is 11.9 Å². The molecule has 8 heteroatoms. The molecule has 0 aliphatic rings. The first-order chi connectivity index (χ1) is 12.9. The van der Waals surface area contributed by atoms with E-state index in [1.165, 1.54) is 6.07 Å². The van der Waals surface area contributed by atoms with Crippen LogP contribution in [0.5, 0.6) is 0 Å². The highest BCUT2D eigenvalue weighted by atomic mass is 19.4. The number of halogens is 3. The minimum absolute atomic E-state index is 0.246. The SMILES string of the molecule is Cc1cc2c(Nc3ccnc(C(F)(F)F)c3)nc(-c3ccccc3)nc2[nH]1. The highest BCUT2D eigenvalue weighted by molar-refractivity contribution is 5.91. The van der Waals surface area contributed by atoms with Crippen molar-refractivity contribution in [2.75, 3.05) is 5.32 Å². The Kier molecular flexibility index (Phi) is 4.02. The topological polar surface area (TPSA) is 66.5 Å². The molecule has 0 atom stereocenters. The first-order valence-electron chi connectivity index (χ1n) is 8.13. The maximum Gasteiger partial charge on any atom is 0.433 e. The number of aryl methyl sites for hydroxylation is 1. The van der Waals surface area contributed by atoms with E-state index in [1.807, 2.05) is 43.3 Å². The second-order valence-electron chi connectivity index (χ2n) is 6.03. The summed E-state index contributed by atoms with van der Waals surface area (Å²) in [6, 6.07) is 13.6. The van der Waals surface area contributed by atoms with Crippen LogP contribution in [0.2, 0.25) is 0 Å². The molecule has 0 radical (unpaired) electrons. The van der Waals surface area contributed by atoms with E-state index in [4.69, 9.17) is 0 Å². The molecule has 0 aliphatic heterocycles. The molecule has 4 aromatic rings. The van der Waals surface area contributed by atoms with Gasteiger partial charge in [-0.1, -0.05) is 30.3 Å². The Labute approximate surface area is 152 Å². The molecule has 0 saturated heterocycles. The smallest absolute Gasteiger partial charge is 0.343 e. The molecule has 136 valence electrons. The van der Waals surface area contributed by atoms with Crippen LogP contribution in [-0.2, 0) is 6.18 Å². The predicted octanol–water partition coefficient (Wildman–Crippen LogP) is 5.09.